The zero-order valence-corrected chi connectivity index (χ0v) is 30.7. The summed E-state index contributed by atoms with van der Waals surface area (Å²) in [6.07, 6.45) is 0. The van der Waals surface area contributed by atoms with Crippen molar-refractivity contribution in [3.8, 4) is 55.6 Å². The summed E-state index contributed by atoms with van der Waals surface area (Å²) in [5.41, 5.74) is 16.9. The van der Waals surface area contributed by atoms with Crippen LogP contribution in [-0.4, -0.2) is 0 Å². The highest BCUT2D eigenvalue weighted by molar-refractivity contribution is 6.06. The zero-order valence-electron chi connectivity index (χ0n) is 30.7. The summed E-state index contributed by atoms with van der Waals surface area (Å²) in [6, 6.07) is 80.0. The summed E-state index contributed by atoms with van der Waals surface area (Å²) in [5.74, 6) is 0. The number of hydrogen-bond donors (Lipinski definition) is 0. The molecule has 1 heterocycles. The third-order valence-electron chi connectivity index (χ3n) is 10.7. The average molecular weight is 716 g/mol. The minimum absolute atomic E-state index is 0.870. The predicted octanol–water partition coefficient (Wildman–Crippen LogP) is 15.4. The minimum atomic E-state index is 0.870. The first-order valence-corrected chi connectivity index (χ1v) is 19.1. The Morgan fingerprint density at radius 3 is 1.09 bits per heavy atom. The highest BCUT2D eigenvalue weighted by Gasteiger charge is 2.16. The van der Waals surface area contributed by atoms with Crippen LogP contribution in [0.25, 0.3) is 77.6 Å². The van der Waals surface area contributed by atoms with Crippen molar-refractivity contribution in [3.63, 3.8) is 0 Å². The molecule has 2 nitrogen and oxygen atoms in total. The summed E-state index contributed by atoms with van der Waals surface area (Å²) in [5, 5.41) is 2.24. The topological polar surface area (TPSA) is 16.4 Å². The van der Waals surface area contributed by atoms with Crippen molar-refractivity contribution in [1.29, 1.82) is 0 Å². The van der Waals surface area contributed by atoms with Crippen LogP contribution in [0.15, 0.2) is 229 Å². The molecule has 0 N–H and O–H groups in total. The fourth-order valence-electron chi connectivity index (χ4n) is 7.76. The molecule has 2 heteroatoms. The molecule has 0 unspecified atom stereocenters. The van der Waals surface area contributed by atoms with Crippen LogP contribution in [0.1, 0.15) is 0 Å². The van der Waals surface area contributed by atoms with Gasteiger partial charge in [-0.15, -0.1) is 0 Å². The van der Waals surface area contributed by atoms with Crippen LogP contribution in [0.5, 0.6) is 0 Å². The number of rotatable bonds is 8. The highest BCUT2D eigenvalue weighted by atomic mass is 16.3. The second-order valence-electron chi connectivity index (χ2n) is 14.2. The molecule has 0 saturated heterocycles. The van der Waals surface area contributed by atoms with Gasteiger partial charge in [-0.2, -0.15) is 0 Å². The standard InChI is InChI=1S/C54H37NO/c1-3-10-38(11-4-1)40-18-20-42(21-19-40)43-26-30-48(31-27-43)55(50-34-35-52-51-16-7-8-17-53(51)56-54(52)37-50)49-32-28-45(29-33-49)47-15-9-14-46(36-47)44-24-22-41(23-25-44)39-12-5-2-6-13-39/h1-37H. The smallest absolute Gasteiger partial charge is 0.137 e. The predicted molar refractivity (Wildman–Crippen MR) is 236 cm³/mol. The van der Waals surface area contributed by atoms with Gasteiger partial charge in [0.25, 0.3) is 0 Å². The second-order valence-corrected chi connectivity index (χ2v) is 14.2. The van der Waals surface area contributed by atoms with Gasteiger partial charge < -0.3 is 9.32 Å². The van der Waals surface area contributed by atoms with E-state index in [9.17, 15) is 0 Å². The Morgan fingerprint density at radius 1 is 0.232 bits per heavy atom. The lowest BCUT2D eigenvalue weighted by Gasteiger charge is -2.26. The first-order chi connectivity index (χ1) is 27.7. The first kappa shape index (κ1) is 33.2. The molecular weight excluding hydrogens is 679 g/mol. The van der Waals surface area contributed by atoms with E-state index in [4.69, 9.17) is 4.42 Å². The molecular formula is C54H37NO. The van der Waals surface area contributed by atoms with Crippen molar-refractivity contribution >= 4 is 39.0 Å². The molecule has 0 fully saturated rings. The molecule has 10 rings (SSSR count). The lowest BCUT2D eigenvalue weighted by atomic mass is 9.97. The maximum Gasteiger partial charge on any atom is 0.137 e. The summed E-state index contributed by atoms with van der Waals surface area (Å²) >= 11 is 0. The van der Waals surface area contributed by atoms with E-state index in [1.807, 2.05) is 12.1 Å². The van der Waals surface area contributed by atoms with Crippen LogP contribution in [0.2, 0.25) is 0 Å². The minimum Gasteiger partial charge on any atom is -0.456 e. The van der Waals surface area contributed by atoms with Crippen molar-refractivity contribution in [1.82, 2.24) is 0 Å². The number of fused-ring (bicyclic) bond motifs is 3. The first-order valence-electron chi connectivity index (χ1n) is 19.1. The number of benzene rings is 9. The van der Waals surface area contributed by atoms with Crippen molar-refractivity contribution in [2.45, 2.75) is 0 Å². The Kier molecular flexibility index (Phi) is 8.55. The van der Waals surface area contributed by atoms with E-state index in [1.54, 1.807) is 0 Å². The Balaban J connectivity index is 0.978. The maximum absolute atomic E-state index is 6.36. The van der Waals surface area contributed by atoms with Crippen LogP contribution >= 0.6 is 0 Å². The molecule has 0 aliphatic carbocycles. The third-order valence-corrected chi connectivity index (χ3v) is 10.7. The SMILES string of the molecule is c1ccc(-c2ccc(-c3ccc(N(c4ccc(-c5cccc(-c6ccc(-c7ccccc7)cc6)c5)cc4)c4ccc5c(c4)oc4ccccc45)cc3)cc2)cc1. The molecule has 9 aromatic carbocycles. The summed E-state index contributed by atoms with van der Waals surface area (Å²) in [7, 11) is 0. The molecule has 0 saturated carbocycles. The van der Waals surface area contributed by atoms with Gasteiger partial charge in [0.15, 0.2) is 0 Å². The number of anilines is 3. The van der Waals surface area contributed by atoms with E-state index in [2.05, 4.69) is 217 Å². The van der Waals surface area contributed by atoms with Crippen molar-refractivity contribution in [2.75, 3.05) is 4.90 Å². The monoisotopic (exact) mass is 715 g/mol. The quantitative estimate of drug-likeness (QED) is 0.156. The van der Waals surface area contributed by atoms with Gasteiger partial charge in [-0.05, 0) is 104 Å². The lowest BCUT2D eigenvalue weighted by Crippen LogP contribution is -2.09. The van der Waals surface area contributed by atoms with E-state index in [-0.39, 0.29) is 0 Å². The van der Waals surface area contributed by atoms with Crippen LogP contribution < -0.4 is 4.90 Å². The molecule has 0 atom stereocenters. The van der Waals surface area contributed by atoms with E-state index < -0.39 is 0 Å². The maximum atomic E-state index is 6.36. The van der Waals surface area contributed by atoms with E-state index in [0.29, 0.717) is 0 Å². The van der Waals surface area contributed by atoms with Crippen LogP contribution in [0.4, 0.5) is 17.1 Å². The van der Waals surface area contributed by atoms with Crippen molar-refractivity contribution in [3.05, 3.63) is 224 Å². The number of nitrogens with zero attached hydrogens (tertiary/aromatic N) is 1. The van der Waals surface area contributed by atoms with Gasteiger partial charge in [0.1, 0.15) is 11.2 Å². The molecule has 0 aliphatic rings. The molecule has 264 valence electrons. The van der Waals surface area contributed by atoms with Gasteiger partial charge in [0.05, 0.1) is 0 Å². The molecule has 0 bridgehead atoms. The molecule has 1 aromatic heterocycles. The normalized spacial score (nSPS) is 11.2. The molecule has 10 aromatic rings. The van der Waals surface area contributed by atoms with Gasteiger partial charge in [-0.3, -0.25) is 0 Å². The van der Waals surface area contributed by atoms with Gasteiger partial charge in [0.2, 0.25) is 0 Å². The van der Waals surface area contributed by atoms with Crippen LogP contribution in [0, 0.1) is 0 Å². The summed E-state index contributed by atoms with van der Waals surface area (Å²) in [4.78, 5) is 2.31. The van der Waals surface area contributed by atoms with Gasteiger partial charge in [-0.25, -0.2) is 0 Å². The molecule has 0 spiro atoms. The third kappa shape index (κ3) is 6.44. The number of para-hydroxylation sites is 1. The van der Waals surface area contributed by atoms with E-state index >= 15 is 0 Å². The summed E-state index contributed by atoms with van der Waals surface area (Å²) < 4.78 is 6.36. The van der Waals surface area contributed by atoms with Crippen molar-refractivity contribution in [2.24, 2.45) is 0 Å². The molecule has 56 heavy (non-hydrogen) atoms. The van der Waals surface area contributed by atoms with Gasteiger partial charge in [-0.1, -0.05) is 170 Å². The van der Waals surface area contributed by atoms with Crippen molar-refractivity contribution < 1.29 is 4.42 Å². The van der Waals surface area contributed by atoms with Crippen LogP contribution in [-0.2, 0) is 0 Å². The van der Waals surface area contributed by atoms with Gasteiger partial charge in [0, 0.05) is 33.9 Å². The fraction of sp³-hybridized carbons (Fsp3) is 0. The van der Waals surface area contributed by atoms with Gasteiger partial charge >= 0.3 is 0 Å². The average Bonchev–Trinajstić information content (AvgIpc) is 3.66. The molecule has 0 aliphatic heterocycles. The van der Waals surface area contributed by atoms with Crippen LogP contribution in [0.3, 0.4) is 0 Å². The summed E-state index contributed by atoms with van der Waals surface area (Å²) in [6.45, 7) is 0. The molecule has 0 amide bonds. The lowest BCUT2D eigenvalue weighted by molar-refractivity contribution is 0.669. The Labute approximate surface area is 327 Å². The van der Waals surface area contributed by atoms with E-state index in [1.165, 1.54) is 55.6 Å². The second kappa shape index (κ2) is 14.4. The fourth-order valence-corrected chi connectivity index (χ4v) is 7.76. The molecule has 0 radical (unpaired) electrons. The highest BCUT2D eigenvalue weighted by Crippen LogP contribution is 2.40. The zero-order chi connectivity index (χ0) is 37.3. The van der Waals surface area contributed by atoms with E-state index in [0.717, 1.165) is 39.0 Å². The Morgan fingerprint density at radius 2 is 0.589 bits per heavy atom. The number of hydrogen-bond acceptors (Lipinski definition) is 2. The Hall–Kier alpha value is -7.42. The number of furan rings is 1. The Bertz CT molecular complexity index is 2910. The largest absolute Gasteiger partial charge is 0.456 e.